The molecule has 0 bridgehead atoms. The molecule has 0 saturated heterocycles. The van der Waals surface area contributed by atoms with Crippen LogP contribution in [0.5, 0.6) is 5.75 Å². The Morgan fingerprint density at radius 3 is 2.62 bits per heavy atom. The number of ether oxygens (including phenoxy) is 1. The highest BCUT2D eigenvalue weighted by atomic mass is 32.2. The molecule has 0 aliphatic rings. The highest BCUT2D eigenvalue weighted by molar-refractivity contribution is 7.99. The van der Waals surface area contributed by atoms with Gasteiger partial charge < -0.3 is 10.5 Å². The third kappa shape index (κ3) is 3.74. The molecule has 2 aromatic heterocycles. The molecule has 3 aromatic rings. The summed E-state index contributed by atoms with van der Waals surface area (Å²) in [6.07, 6.45) is -1.12. The smallest absolute Gasteiger partial charge is 0.301 e. The van der Waals surface area contributed by atoms with Crippen molar-refractivity contribution in [2.24, 2.45) is 0 Å². The first-order valence-electron chi connectivity index (χ1n) is 7.47. The van der Waals surface area contributed by atoms with Crippen molar-refractivity contribution in [1.82, 2.24) is 19.6 Å². The van der Waals surface area contributed by atoms with Gasteiger partial charge in [0, 0.05) is 23.9 Å². The molecular weight excluding hydrogens is 367 g/mol. The van der Waals surface area contributed by atoms with Crippen LogP contribution in [0, 0.1) is 0 Å². The highest BCUT2D eigenvalue weighted by Gasteiger charge is 2.13. The number of benzene rings is 1. The molecule has 0 unspecified atom stereocenters. The minimum atomic E-state index is -2.30. The molecule has 0 aliphatic carbocycles. The summed E-state index contributed by atoms with van der Waals surface area (Å²) in [5.41, 5.74) is 7.65. The number of thioether (sulfide) groups is 1. The van der Waals surface area contributed by atoms with Gasteiger partial charge in [0.2, 0.25) is 5.16 Å². The van der Waals surface area contributed by atoms with Crippen molar-refractivity contribution in [1.29, 1.82) is 0 Å². The Hall–Kier alpha value is -2.75. The molecule has 1 aromatic carbocycles. The van der Waals surface area contributed by atoms with Gasteiger partial charge >= 0.3 is 6.08 Å². The minimum absolute atomic E-state index is 0.0747. The van der Waals surface area contributed by atoms with Crippen molar-refractivity contribution in [3.8, 4) is 16.9 Å². The number of methoxy groups -OCH3 is 1. The average Bonchev–Trinajstić information content (AvgIpc) is 3.06. The lowest BCUT2D eigenvalue weighted by Crippen LogP contribution is -2.02. The summed E-state index contributed by atoms with van der Waals surface area (Å²) >= 11 is 1.04. The van der Waals surface area contributed by atoms with E-state index in [0.717, 1.165) is 17.3 Å². The number of anilines is 1. The fraction of sp³-hybridized carbons (Fsp3) is 0.188. The van der Waals surface area contributed by atoms with E-state index >= 15 is 0 Å². The van der Waals surface area contributed by atoms with E-state index in [4.69, 9.17) is 10.5 Å². The lowest BCUT2D eigenvalue weighted by Gasteiger charge is -2.07. The number of aromatic nitrogens is 4. The van der Waals surface area contributed by atoms with E-state index in [9.17, 15) is 13.2 Å². The first-order chi connectivity index (χ1) is 12.5. The number of fused-ring (bicyclic) bond motifs is 1. The van der Waals surface area contributed by atoms with Gasteiger partial charge in [-0.25, -0.2) is 9.37 Å². The molecule has 2 heterocycles. The molecule has 2 N–H and O–H groups in total. The number of rotatable bonds is 6. The zero-order valence-corrected chi connectivity index (χ0v) is 14.4. The van der Waals surface area contributed by atoms with Gasteiger partial charge in [0.15, 0.2) is 5.83 Å². The van der Waals surface area contributed by atoms with Crippen molar-refractivity contribution in [2.75, 3.05) is 18.6 Å². The zero-order valence-electron chi connectivity index (χ0n) is 13.6. The number of nitrogens with two attached hydrogens (primary N) is 1. The summed E-state index contributed by atoms with van der Waals surface area (Å²) < 4.78 is 43.4. The molecule has 3 rings (SSSR count). The van der Waals surface area contributed by atoms with Crippen LogP contribution in [0.2, 0.25) is 0 Å². The second-order valence-corrected chi connectivity index (χ2v) is 6.22. The van der Waals surface area contributed by atoms with E-state index in [1.807, 2.05) is 12.1 Å². The predicted octanol–water partition coefficient (Wildman–Crippen LogP) is 3.94. The van der Waals surface area contributed by atoms with Crippen molar-refractivity contribution >= 4 is 23.4 Å². The summed E-state index contributed by atoms with van der Waals surface area (Å²) in [7, 11) is 1.58. The number of nitrogens with zero attached hydrogens (tertiary/aromatic N) is 4. The van der Waals surface area contributed by atoms with Gasteiger partial charge in [-0.3, -0.25) is 0 Å². The molecule has 0 spiro atoms. The maximum absolute atomic E-state index is 12.8. The van der Waals surface area contributed by atoms with Crippen LogP contribution in [0.25, 0.3) is 16.9 Å². The van der Waals surface area contributed by atoms with E-state index in [1.165, 1.54) is 4.52 Å². The van der Waals surface area contributed by atoms with Crippen LogP contribution >= 0.6 is 11.8 Å². The summed E-state index contributed by atoms with van der Waals surface area (Å²) in [6.45, 7) is 0. The Balaban J connectivity index is 1.83. The fourth-order valence-corrected chi connectivity index (χ4v) is 2.96. The topological polar surface area (TPSA) is 78.3 Å². The number of hydrogen-bond donors (Lipinski definition) is 1. The lowest BCUT2D eigenvalue weighted by atomic mass is 10.1. The monoisotopic (exact) mass is 381 g/mol. The first-order valence-corrected chi connectivity index (χ1v) is 8.46. The van der Waals surface area contributed by atoms with Crippen LogP contribution in [0.15, 0.2) is 47.5 Å². The summed E-state index contributed by atoms with van der Waals surface area (Å²) in [5, 5.41) is 4.48. The van der Waals surface area contributed by atoms with Gasteiger partial charge in [-0.1, -0.05) is 23.9 Å². The Kier molecular flexibility index (Phi) is 5.31. The molecular formula is C16H14F3N5OS. The third-order valence-electron chi connectivity index (χ3n) is 3.54. The molecule has 26 heavy (non-hydrogen) atoms. The standard InChI is InChI=1S/C16H14F3N5OS/c1-25-10-4-2-9(3-5-10)11-8-21-15-22-16(23-24(15)14(11)20)26-7-6-12(17)13(18)19/h2-5,8H,6-7,20H2,1H3. The van der Waals surface area contributed by atoms with E-state index in [1.54, 1.807) is 25.4 Å². The predicted molar refractivity (Wildman–Crippen MR) is 92.9 cm³/mol. The van der Waals surface area contributed by atoms with Crippen molar-refractivity contribution in [3.63, 3.8) is 0 Å². The molecule has 10 heteroatoms. The van der Waals surface area contributed by atoms with E-state index < -0.39 is 18.3 Å². The second kappa shape index (κ2) is 7.65. The van der Waals surface area contributed by atoms with Gasteiger partial charge in [0.25, 0.3) is 5.78 Å². The third-order valence-corrected chi connectivity index (χ3v) is 4.38. The van der Waals surface area contributed by atoms with Gasteiger partial charge in [0.1, 0.15) is 11.6 Å². The quantitative estimate of drug-likeness (QED) is 0.652. The fourth-order valence-electron chi connectivity index (χ4n) is 2.21. The van der Waals surface area contributed by atoms with Crippen LogP contribution in [-0.4, -0.2) is 32.4 Å². The number of halogens is 3. The van der Waals surface area contributed by atoms with Crippen LogP contribution in [-0.2, 0) is 0 Å². The molecule has 0 amide bonds. The molecule has 136 valence electrons. The van der Waals surface area contributed by atoms with Crippen LogP contribution in [0.3, 0.4) is 0 Å². The molecule has 6 nitrogen and oxygen atoms in total. The normalized spacial score (nSPS) is 10.9. The van der Waals surface area contributed by atoms with E-state index in [2.05, 4.69) is 15.1 Å². The maximum atomic E-state index is 12.8. The largest absolute Gasteiger partial charge is 0.497 e. The van der Waals surface area contributed by atoms with Crippen molar-refractivity contribution < 1.29 is 17.9 Å². The Bertz CT molecular complexity index is 954. The first kappa shape index (κ1) is 18.1. The maximum Gasteiger partial charge on any atom is 0.301 e. The summed E-state index contributed by atoms with van der Waals surface area (Å²) in [4.78, 5) is 8.37. The second-order valence-electron chi connectivity index (χ2n) is 5.16. The Labute approximate surface area is 150 Å². The van der Waals surface area contributed by atoms with Crippen LogP contribution in [0.4, 0.5) is 19.0 Å². The van der Waals surface area contributed by atoms with Gasteiger partial charge in [-0.05, 0) is 17.7 Å². The average molecular weight is 381 g/mol. The Morgan fingerprint density at radius 1 is 1.23 bits per heavy atom. The molecule has 0 saturated carbocycles. The summed E-state index contributed by atoms with van der Waals surface area (Å²) in [5.74, 6) is -0.0338. The van der Waals surface area contributed by atoms with Crippen molar-refractivity contribution in [3.05, 3.63) is 42.4 Å². The molecule has 0 fully saturated rings. The van der Waals surface area contributed by atoms with Crippen molar-refractivity contribution in [2.45, 2.75) is 11.6 Å². The lowest BCUT2D eigenvalue weighted by molar-refractivity contribution is 0.373. The number of nitrogen functional groups attached to an aromatic ring is 1. The number of allylic oxidation sites excluding steroid dienone is 1. The zero-order chi connectivity index (χ0) is 18.7. The molecule has 0 radical (unpaired) electrons. The van der Waals surface area contributed by atoms with Gasteiger partial charge in [-0.15, -0.1) is 5.10 Å². The summed E-state index contributed by atoms with van der Waals surface area (Å²) in [6, 6.07) is 7.28. The van der Waals surface area contributed by atoms with Gasteiger partial charge in [0.05, 0.1) is 7.11 Å². The SMILES string of the molecule is COc1ccc(-c2cnc3nc(SCCC(F)=C(F)F)nn3c2N)cc1. The van der Waals surface area contributed by atoms with E-state index in [0.29, 0.717) is 17.1 Å². The van der Waals surface area contributed by atoms with Crippen LogP contribution < -0.4 is 10.5 Å². The van der Waals surface area contributed by atoms with E-state index in [-0.39, 0.29) is 16.7 Å². The number of hydrogen-bond acceptors (Lipinski definition) is 6. The minimum Gasteiger partial charge on any atom is -0.497 e. The molecule has 0 atom stereocenters. The highest BCUT2D eigenvalue weighted by Crippen LogP contribution is 2.28. The Morgan fingerprint density at radius 2 is 1.96 bits per heavy atom. The van der Waals surface area contributed by atoms with Crippen LogP contribution in [0.1, 0.15) is 6.42 Å². The molecule has 0 aliphatic heterocycles. The van der Waals surface area contributed by atoms with Gasteiger partial charge in [-0.2, -0.15) is 18.3 Å².